The molecule has 2 aromatic carbocycles. The van der Waals surface area contributed by atoms with Crippen LogP contribution in [0.3, 0.4) is 0 Å². The molecule has 0 radical (unpaired) electrons. The van der Waals surface area contributed by atoms with Crippen LogP contribution in [0.15, 0.2) is 53.6 Å². The van der Waals surface area contributed by atoms with E-state index in [9.17, 15) is 0 Å². The van der Waals surface area contributed by atoms with Crippen molar-refractivity contribution in [1.82, 2.24) is 14.9 Å². The van der Waals surface area contributed by atoms with Crippen LogP contribution in [0.1, 0.15) is 58.2 Å². The van der Waals surface area contributed by atoms with Crippen molar-refractivity contribution in [2.75, 3.05) is 0 Å². The van der Waals surface area contributed by atoms with E-state index in [2.05, 4.69) is 105 Å². The molecule has 4 nitrogen and oxygen atoms in total. The van der Waals surface area contributed by atoms with Gasteiger partial charge in [0.2, 0.25) is 4.77 Å². The molecule has 3 rings (SSSR count). The minimum absolute atomic E-state index is 0.112. The molecule has 0 bridgehead atoms. The smallest absolute Gasteiger partial charge is 0.216 e. The van der Waals surface area contributed by atoms with Crippen LogP contribution < -0.4 is 0 Å². The second-order valence-corrected chi connectivity index (χ2v) is 9.49. The molecule has 0 fully saturated rings. The minimum atomic E-state index is 0.112. The van der Waals surface area contributed by atoms with Gasteiger partial charge in [-0.2, -0.15) is 14.9 Å². The molecule has 0 unspecified atom stereocenters. The molecule has 0 amide bonds. The van der Waals surface area contributed by atoms with Gasteiger partial charge in [-0.05, 0) is 39.7 Å². The molecule has 0 saturated heterocycles. The number of nitrogens with one attached hydrogen (secondary N) is 1. The van der Waals surface area contributed by atoms with Crippen LogP contribution in [0.25, 0.3) is 11.4 Å². The van der Waals surface area contributed by atoms with Crippen LogP contribution in [-0.4, -0.2) is 21.1 Å². The normalized spacial score (nSPS) is 12.6. The van der Waals surface area contributed by atoms with E-state index in [0.29, 0.717) is 10.6 Å². The molecule has 1 heterocycles. The lowest BCUT2D eigenvalue weighted by molar-refractivity contribution is 0.590. The zero-order chi connectivity index (χ0) is 20.5. The lowest BCUT2D eigenvalue weighted by Crippen LogP contribution is -2.10. The Bertz CT molecular complexity index is 1020. The second-order valence-electron chi connectivity index (χ2n) is 9.11. The van der Waals surface area contributed by atoms with Gasteiger partial charge in [-0.3, -0.25) is 0 Å². The van der Waals surface area contributed by atoms with Gasteiger partial charge >= 0.3 is 0 Å². The maximum Gasteiger partial charge on any atom is 0.216 e. The summed E-state index contributed by atoms with van der Waals surface area (Å²) in [7, 11) is 0. The number of aromatic amines is 1. The molecule has 1 aromatic heterocycles. The summed E-state index contributed by atoms with van der Waals surface area (Å²) in [4.78, 5) is 0. The lowest BCUT2D eigenvalue weighted by atomic mass is 9.87. The predicted octanol–water partition coefficient (Wildman–Crippen LogP) is 6.08. The number of H-pyrrole nitrogens is 1. The minimum Gasteiger partial charge on any atom is -0.250 e. The van der Waals surface area contributed by atoms with E-state index in [-0.39, 0.29) is 10.8 Å². The fourth-order valence-corrected chi connectivity index (χ4v) is 3.08. The number of nitrogens with zero attached hydrogens (tertiary/aromatic N) is 3. The first-order valence-electron chi connectivity index (χ1n) is 9.49. The van der Waals surface area contributed by atoms with Crippen LogP contribution in [0, 0.1) is 4.77 Å². The third-order valence-corrected chi connectivity index (χ3v) is 5.02. The molecule has 0 aliphatic heterocycles. The average molecular weight is 393 g/mol. The molecule has 3 aromatic rings. The van der Waals surface area contributed by atoms with Crippen LogP contribution in [-0.2, 0) is 10.8 Å². The van der Waals surface area contributed by atoms with Crippen molar-refractivity contribution in [3.63, 3.8) is 0 Å². The van der Waals surface area contributed by atoms with Gasteiger partial charge in [-0.1, -0.05) is 90.1 Å². The zero-order valence-electron chi connectivity index (χ0n) is 17.4. The largest absolute Gasteiger partial charge is 0.250 e. The van der Waals surface area contributed by atoms with Crippen molar-refractivity contribution in [1.29, 1.82) is 0 Å². The van der Waals surface area contributed by atoms with Crippen LogP contribution in [0.5, 0.6) is 0 Å². The molecule has 0 atom stereocenters. The fraction of sp³-hybridized carbons (Fsp3) is 0.348. The van der Waals surface area contributed by atoms with Crippen LogP contribution >= 0.6 is 12.2 Å². The highest BCUT2D eigenvalue weighted by atomic mass is 32.1. The van der Waals surface area contributed by atoms with Crippen molar-refractivity contribution in [2.45, 2.75) is 52.4 Å². The van der Waals surface area contributed by atoms with Gasteiger partial charge in [-0.25, -0.2) is 5.10 Å². The quantitative estimate of drug-likeness (QED) is 0.433. The van der Waals surface area contributed by atoms with E-state index in [1.807, 2.05) is 6.21 Å². The van der Waals surface area contributed by atoms with Crippen molar-refractivity contribution in [2.24, 2.45) is 5.10 Å². The maximum atomic E-state index is 5.37. The number of benzene rings is 2. The Balaban J connectivity index is 1.89. The molecule has 5 heteroatoms. The summed E-state index contributed by atoms with van der Waals surface area (Å²) >= 11 is 5.37. The van der Waals surface area contributed by atoms with Crippen molar-refractivity contribution in [3.8, 4) is 11.4 Å². The summed E-state index contributed by atoms with van der Waals surface area (Å²) in [5.41, 5.74) is 4.81. The molecular weight excluding hydrogens is 364 g/mol. The first-order chi connectivity index (χ1) is 13.1. The summed E-state index contributed by atoms with van der Waals surface area (Å²) in [6.07, 6.45) is 1.81. The Morgan fingerprint density at radius 2 is 1.36 bits per heavy atom. The van der Waals surface area contributed by atoms with Gasteiger partial charge in [0.25, 0.3) is 0 Å². The van der Waals surface area contributed by atoms with Crippen LogP contribution in [0.2, 0.25) is 0 Å². The van der Waals surface area contributed by atoms with Gasteiger partial charge < -0.3 is 0 Å². The average Bonchev–Trinajstić information content (AvgIpc) is 2.99. The van der Waals surface area contributed by atoms with E-state index >= 15 is 0 Å². The molecule has 146 valence electrons. The van der Waals surface area contributed by atoms with Crippen LogP contribution in [0.4, 0.5) is 0 Å². The Kier molecular flexibility index (Phi) is 5.39. The maximum absolute atomic E-state index is 5.37. The van der Waals surface area contributed by atoms with Crippen molar-refractivity contribution in [3.05, 3.63) is 70.0 Å². The third-order valence-electron chi connectivity index (χ3n) is 4.76. The molecular formula is C23H28N4S. The zero-order valence-corrected chi connectivity index (χ0v) is 18.3. The van der Waals surface area contributed by atoms with Gasteiger partial charge in [0, 0.05) is 5.56 Å². The van der Waals surface area contributed by atoms with E-state index in [0.717, 1.165) is 11.1 Å². The summed E-state index contributed by atoms with van der Waals surface area (Å²) < 4.78 is 2.14. The van der Waals surface area contributed by atoms with E-state index in [1.165, 1.54) is 11.1 Å². The van der Waals surface area contributed by atoms with E-state index < -0.39 is 0 Å². The van der Waals surface area contributed by atoms with Gasteiger partial charge in [0.15, 0.2) is 5.82 Å². The Hall–Kier alpha value is -2.53. The summed E-state index contributed by atoms with van der Waals surface area (Å²) in [5, 5.41) is 11.8. The topological polar surface area (TPSA) is 46.0 Å². The second kappa shape index (κ2) is 7.47. The Morgan fingerprint density at radius 1 is 0.857 bits per heavy atom. The van der Waals surface area contributed by atoms with Gasteiger partial charge in [0.1, 0.15) is 0 Å². The number of hydrogen-bond donors (Lipinski definition) is 1. The Morgan fingerprint density at radius 3 is 1.86 bits per heavy atom. The van der Waals surface area contributed by atoms with Crippen molar-refractivity contribution >= 4 is 18.4 Å². The Labute approximate surface area is 172 Å². The summed E-state index contributed by atoms with van der Waals surface area (Å²) in [6, 6.07) is 16.8. The number of aromatic nitrogens is 3. The highest BCUT2D eigenvalue weighted by Crippen LogP contribution is 2.25. The SMILES string of the molecule is CC(C)(C)c1ccc(/C=N/n2c(-c3ccc(C(C)(C)C)cc3)n[nH]c2=S)cc1. The molecule has 0 spiro atoms. The monoisotopic (exact) mass is 392 g/mol. The van der Waals surface area contributed by atoms with Gasteiger partial charge in [-0.15, -0.1) is 0 Å². The highest BCUT2D eigenvalue weighted by Gasteiger charge is 2.15. The fourth-order valence-electron chi connectivity index (χ4n) is 2.90. The van der Waals surface area contributed by atoms with E-state index in [1.54, 1.807) is 4.68 Å². The lowest BCUT2D eigenvalue weighted by Gasteiger charge is -2.19. The molecule has 1 N–H and O–H groups in total. The summed E-state index contributed by atoms with van der Waals surface area (Å²) in [6.45, 7) is 13.2. The first kappa shape index (κ1) is 20.2. The first-order valence-corrected chi connectivity index (χ1v) is 9.90. The summed E-state index contributed by atoms with van der Waals surface area (Å²) in [5.74, 6) is 0.702. The van der Waals surface area contributed by atoms with Gasteiger partial charge in [0.05, 0.1) is 6.21 Å². The number of rotatable bonds is 3. The van der Waals surface area contributed by atoms with E-state index in [4.69, 9.17) is 12.2 Å². The molecule has 0 aliphatic carbocycles. The molecule has 0 saturated carbocycles. The third kappa shape index (κ3) is 4.47. The standard InChI is InChI=1S/C23H28N4S/c1-22(2,3)18-11-7-16(8-12-18)15-24-27-20(25-26-21(27)28)17-9-13-19(14-10-17)23(4,5)6/h7-15H,1-6H3,(H,26,28)/b24-15+. The highest BCUT2D eigenvalue weighted by molar-refractivity contribution is 7.71. The predicted molar refractivity (Wildman–Crippen MR) is 120 cm³/mol. The molecule has 0 aliphatic rings. The molecule has 28 heavy (non-hydrogen) atoms. The van der Waals surface area contributed by atoms with Crippen molar-refractivity contribution < 1.29 is 0 Å². The number of hydrogen-bond acceptors (Lipinski definition) is 3.